The first kappa shape index (κ1) is 22.7. The van der Waals surface area contributed by atoms with Gasteiger partial charge in [-0.25, -0.2) is 0 Å². The zero-order valence-electron chi connectivity index (χ0n) is 20.4. The Balaban J connectivity index is 1.44. The lowest BCUT2D eigenvalue weighted by Crippen LogP contribution is -2.39. The molecule has 1 aliphatic rings. The minimum absolute atomic E-state index is 0.248. The Bertz CT molecular complexity index is 1520. The molecule has 0 unspecified atom stereocenters. The van der Waals surface area contributed by atoms with E-state index in [1.54, 1.807) is 0 Å². The van der Waals surface area contributed by atoms with Crippen LogP contribution in [0.3, 0.4) is 0 Å². The second kappa shape index (κ2) is 9.75. The Morgan fingerprint density at radius 2 is 1.03 bits per heavy atom. The van der Waals surface area contributed by atoms with Gasteiger partial charge in [0.05, 0.1) is 6.54 Å². The van der Waals surface area contributed by atoms with E-state index < -0.39 is 0 Å². The molecule has 0 bridgehead atoms. The van der Waals surface area contributed by atoms with E-state index in [1.807, 2.05) is 97.1 Å². The van der Waals surface area contributed by atoms with Gasteiger partial charge in [-0.2, -0.15) is 0 Å². The highest BCUT2D eigenvalue weighted by atomic mass is 16.2. The SMILES string of the molecule is O=C1c2cccc3c(N(Cc4ccccc4)Cc4ccccc4)ccc(c23)C(=O)N1Cc1ccccc1. The highest BCUT2D eigenvalue weighted by Gasteiger charge is 2.33. The van der Waals surface area contributed by atoms with Crippen LogP contribution in [0.25, 0.3) is 10.8 Å². The van der Waals surface area contributed by atoms with Crippen molar-refractivity contribution < 1.29 is 9.59 Å². The van der Waals surface area contributed by atoms with Gasteiger partial charge >= 0.3 is 0 Å². The topological polar surface area (TPSA) is 40.6 Å². The highest BCUT2D eigenvalue weighted by Crippen LogP contribution is 2.37. The van der Waals surface area contributed by atoms with Crippen LogP contribution in [0.1, 0.15) is 37.4 Å². The number of hydrogen-bond acceptors (Lipinski definition) is 3. The van der Waals surface area contributed by atoms with E-state index in [9.17, 15) is 9.59 Å². The molecule has 2 amide bonds. The number of anilines is 1. The minimum atomic E-state index is -0.248. The number of hydrogen-bond donors (Lipinski definition) is 0. The molecule has 6 rings (SSSR count). The largest absolute Gasteiger partial charge is 0.362 e. The van der Waals surface area contributed by atoms with E-state index in [0.29, 0.717) is 24.2 Å². The van der Waals surface area contributed by atoms with Crippen LogP contribution in [-0.4, -0.2) is 16.7 Å². The van der Waals surface area contributed by atoms with E-state index in [1.165, 1.54) is 16.0 Å². The molecule has 0 saturated heterocycles. The predicted molar refractivity (Wildman–Crippen MR) is 147 cm³/mol. The van der Waals surface area contributed by atoms with Crippen molar-refractivity contribution in [2.24, 2.45) is 0 Å². The number of imide groups is 1. The van der Waals surface area contributed by atoms with Gasteiger partial charge in [0, 0.05) is 40.7 Å². The molecular formula is C33H26N2O2. The Morgan fingerprint density at radius 1 is 0.514 bits per heavy atom. The highest BCUT2D eigenvalue weighted by molar-refractivity contribution is 6.26. The molecule has 1 heterocycles. The minimum Gasteiger partial charge on any atom is -0.362 e. The number of nitrogens with zero attached hydrogens (tertiary/aromatic N) is 2. The Kier molecular flexibility index (Phi) is 5.99. The van der Waals surface area contributed by atoms with Crippen molar-refractivity contribution in [2.45, 2.75) is 19.6 Å². The summed E-state index contributed by atoms with van der Waals surface area (Å²) in [6.07, 6.45) is 0. The first-order chi connectivity index (χ1) is 18.2. The summed E-state index contributed by atoms with van der Waals surface area (Å²) in [6, 6.07) is 40.1. The number of carbonyl (C=O) groups excluding carboxylic acids is 2. The summed E-state index contributed by atoms with van der Waals surface area (Å²) in [6.45, 7) is 1.66. The van der Waals surface area contributed by atoms with Crippen LogP contribution in [0.2, 0.25) is 0 Å². The molecule has 0 radical (unpaired) electrons. The average molecular weight is 483 g/mol. The Morgan fingerprint density at radius 3 is 1.59 bits per heavy atom. The fraction of sp³-hybridized carbons (Fsp3) is 0.0909. The lowest BCUT2D eigenvalue weighted by molar-refractivity contribution is 0.0598. The molecule has 5 aromatic carbocycles. The van der Waals surface area contributed by atoms with E-state index >= 15 is 0 Å². The average Bonchev–Trinajstić information content (AvgIpc) is 2.95. The summed E-state index contributed by atoms with van der Waals surface area (Å²) >= 11 is 0. The Hall–Kier alpha value is -4.70. The standard InChI is InChI=1S/C33H26N2O2/c36-32-28-18-10-17-27-30(34(21-24-11-4-1-5-12-24)22-25-13-6-2-7-14-25)20-19-29(31(27)28)33(37)35(32)23-26-15-8-3-9-16-26/h1-20H,21-23H2. The van der Waals surface area contributed by atoms with Gasteiger partial charge in [0.15, 0.2) is 0 Å². The molecule has 0 aromatic heterocycles. The van der Waals surface area contributed by atoms with Crippen LogP contribution in [-0.2, 0) is 19.6 Å². The molecule has 5 aromatic rings. The zero-order chi connectivity index (χ0) is 25.2. The normalized spacial score (nSPS) is 12.7. The monoisotopic (exact) mass is 482 g/mol. The van der Waals surface area contributed by atoms with E-state index in [0.717, 1.165) is 22.0 Å². The lowest BCUT2D eigenvalue weighted by atomic mass is 9.92. The molecule has 0 fully saturated rings. The van der Waals surface area contributed by atoms with Crippen LogP contribution in [0.5, 0.6) is 0 Å². The summed E-state index contributed by atoms with van der Waals surface area (Å²) in [5.74, 6) is -0.497. The van der Waals surface area contributed by atoms with Crippen LogP contribution in [0.4, 0.5) is 5.69 Å². The first-order valence-electron chi connectivity index (χ1n) is 12.5. The second-order valence-electron chi connectivity index (χ2n) is 9.37. The van der Waals surface area contributed by atoms with E-state index in [4.69, 9.17) is 0 Å². The van der Waals surface area contributed by atoms with Crippen molar-refractivity contribution in [3.05, 3.63) is 149 Å². The maximum Gasteiger partial charge on any atom is 0.261 e. The van der Waals surface area contributed by atoms with Gasteiger partial charge in [0.25, 0.3) is 11.8 Å². The first-order valence-corrected chi connectivity index (χ1v) is 12.5. The van der Waals surface area contributed by atoms with Gasteiger partial charge in [-0.15, -0.1) is 0 Å². The van der Waals surface area contributed by atoms with Crippen molar-refractivity contribution in [3.8, 4) is 0 Å². The quantitative estimate of drug-likeness (QED) is 0.238. The van der Waals surface area contributed by atoms with Crippen molar-refractivity contribution in [2.75, 3.05) is 4.90 Å². The van der Waals surface area contributed by atoms with Crippen molar-refractivity contribution in [1.29, 1.82) is 0 Å². The van der Waals surface area contributed by atoms with Crippen LogP contribution < -0.4 is 4.90 Å². The van der Waals surface area contributed by atoms with E-state index in [2.05, 4.69) is 29.2 Å². The molecule has 1 aliphatic heterocycles. The van der Waals surface area contributed by atoms with Gasteiger partial charge in [-0.3, -0.25) is 14.5 Å². The molecule has 0 spiro atoms. The summed E-state index contributed by atoms with van der Waals surface area (Å²) in [5.41, 5.74) is 5.47. The molecular weight excluding hydrogens is 456 g/mol. The third kappa shape index (κ3) is 4.38. The third-order valence-corrected chi connectivity index (χ3v) is 6.93. The molecule has 180 valence electrons. The zero-order valence-corrected chi connectivity index (χ0v) is 20.4. The smallest absolute Gasteiger partial charge is 0.261 e. The van der Waals surface area contributed by atoms with Gasteiger partial charge < -0.3 is 4.90 Å². The summed E-state index contributed by atoms with van der Waals surface area (Å²) in [7, 11) is 0. The summed E-state index contributed by atoms with van der Waals surface area (Å²) in [5, 5.41) is 1.66. The maximum absolute atomic E-state index is 13.6. The predicted octanol–water partition coefficient (Wildman–Crippen LogP) is 6.84. The number of rotatable bonds is 7. The number of amides is 2. The van der Waals surface area contributed by atoms with Gasteiger partial charge in [-0.1, -0.05) is 103 Å². The van der Waals surface area contributed by atoms with Crippen molar-refractivity contribution in [1.82, 2.24) is 4.90 Å². The maximum atomic E-state index is 13.6. The van der Waals surface area contributed by atoms with Gasteiger partial charge in [-0.05, 0) is 34.9 Å². The second-order valence-corrected chi connectivity index (χ2v) is 9.37. The van der Waals surface area contributed by atoms with Crippen molar-refractivity contribution in [3.63, 3.8) is 0 Å². The summed E-state index contributed by atoms with van der Waals surface area (Å²) < 4.78 is 0. The van der Waals surface area contributed by atoms with Crippen LogP contribution >= 0.6 is 0 Å². The van der Waals surface area contributed by atoms with Gasteiger partial charge in [0.1, 0.15) is 0 Å². The third-order valence-electron chi connectivity index (χ3n) is 6.93. The number of benzene rings is 5. The molecule has 37 heavy (non-hydrogen) atoms. The number of carbonyl (C=O) groups is 2. The summed E-state index contributed by atoms with van der Waals surface area (Å²) in [4.78, 5) is 30.8. The molecule has 0 atom stereocenters. The fourth-order valence-corrected chi connectivity index (χ4v) is 5.15. The van der Waals surface area contributed by atoms with Crippen LogP contribution in [0.15, 0.2) is 121 Å². The molecule has 0 aliphatic carbocycles. The molecule has 0 N–H and O–H groups in total. The van der Waals surface area contributed by atoms with Crippen molar-refractivity contribution >= 4 is 28.3 Å². The van der Waals surface area contributed by atoms with E-state index in [-0.39, 0.29) is 18.4 Å². The van der Waals surface area contributed by atoms with Gasteiger partial charge in [0.2, 0.25) is 0 Å². The molecule has 4 heteroatoms. The fourth-order valence-electron chi connectivity index (χ4n) is 5.15. The lowest BCUT2D eigenvalue weighted by Gasteiger charge is -2.31. The van der Waals surface area contributed by atoms with Crippen LogP contribution in [0, 0.1) is 0 Å². The molecule has 0 saturated carbocycles. The Labute approximate surface area is 216 Å². The molecule has 4 nitrogen and oxygen atoms in total.